The van der Waals surface area contributed by atoms with Crippen molar-refractivity contribution in [2.75, 3.05) is 46.4 Å². The van der Waals surface area contributed by atoms with E-state index in [0.717, 1.165) is 36.8 Å². The van der Waals surface area contributed by atoms with Crippen molar-refractivity contribution in [1.29, 1.82) is 0 Å². The van der Waals surface area contributed by atoms with Gasteiger partial charge >= 0.3 is 0 Å². The molecule has 1 aromatic heterocycles. The molecule has 0 atom stereocenters. The quantitative estimate of drug-likeness (QED) is 0.866. The van der Waals surface area contributed by atoms with E-state index >= 15 is 0 Å². The van der Waals surface area contributed by atoms with Crippen LogP contribution in [-0.4, -0.2) is 67.3 Å². The lowest BCUT2D eigenvalue weighted by Crippen LogP contribution is -2.49. The van der Waals surface area contributed by atoms with Gasteiger partial charge in [-0.15, -0.1) is 11.3 Å². The van der Waals surface area contributed by atoms with Crippen LogP contribution < -0.4 is 4.74 Å². The van der Waals surface area contributed by atoms with E-state index in [4.69, 9.17) is 9.84 Å². The number of hydrogen-bond acceptors (Lipinski definition) is 5. The Labute approximate surface area is 111 Å². The number of carbonyl (C=O) groups excluding carboxylic acids is 1. The summed E-state index contributed by atoms with van der Waals surface area (Å²) in [5.41, 5.74) is 0. The molecule has 2 heterocycles. The summed E-state index contributed by atoms with van der Waals surface area (Å²) in [6, 6.07) is 1.78. The van der Waals surface area contributed by atoms with Gasteiger partial charge in [0.2, 0.25) is 0 Å². The third-order valence-electron chi connectivity index (χ3n) is 3.10. The molecule has 0 unspecified atom stereocenters. The molecule has 0 aliphatic carbocycles. The number of hydrogen-bond donors (Lipinski definition) is 1. The van der Waals surface area contributed by atoms with Crippen molar-refractivity contribution >= 4 is 17.2 Å². The first-order valence-corrected chi connectivity index (χ1v) is 6.87. The molecular formula is C12H18N2O3S. The van der Waals surface area contributed by atoms with Gasteiger partial charge in [0.05, 0.1) is 18.6 Å². The SMILES string of the molecule is COc1csc(C(=O)N2CCN(CCO)CC2)c1. The number of carbonyl (C=O) groups is 1. The number of methoxy groups -OCH3 is 1. The molecule has 1 fully saturated rings. The fourth-order valence-corrected chi connectivity index (χ4v) is 2.83. The minimum Gasteiger partial charge on any atom is -0.496 e. The van der Waals surface area contributed by atoms with Crippen molar-refractivity contribution in [3.05, 3.63) is 16.3 Å². The Hall–Kier alpha value is -1.11. The summed E-state index contributed by atoms with van der Waals surface area (Å²) in [4.78, 5) is 17.0. The second-order valence-electron chi connectivity index (χ2n) is 4.21. The van der Waals surface area contributed by atoms with Gasteiger partial charge in [-0.1, -0.05) is 0 Å². The average molecular weight is 270 g/mol. The van der Waals surface area contributed by atoms with E-state index in [1.54, 1.807) is 13.2 Å². The Morgan fingerprint density at radius 2 is 2.17 bits per heavy atom. The zero-order valence-corrected chi connectivity index (χ0v) is 11.3. The Morgan fingerprint density at radius 3 is 2.72 bits per heavy atom. The van der Waals surface area contributed by atoms with E-state index in [1.807, 2.05) is 10.3 Å². The maximum Gasteiger partial charge on any atom is 0.264 e. The lowest BCUT2D eigenvalue weighted by molar-refractivity contribution is 0.0619. The van der Waals surface area contributed by atoms with Crippen LogP contribution in [0.1, 0.15) is 9.67 Å². The van der Waals surface area contributed by atoms with Crippen molar-refractivity contribution in [2.24, 2.45) is 0 Å². The van der Waals surface area contributed by atoms with Gasteiger partial charge in [0, 0.05) is 44.2 Å². The Balaban J connectivity index is 1.91. The van der Waals surface area contributed by atoms with Gasteiger partial charge in [-0.3, -0.25) is 9.69 Å². The first-order chi connectivity index (χ1) is 8.74. The second kappa shape index (κ2) is 6.17. The largest absolute Gasteiger partial charge is 0.496 e. The Bertz CT molecular complexity index is 400. The summed E-state index contributed by atoms with van der Waals surface area (Å²) in [5, 5.41) is 10.7. The summed E-state index contributed by atoms with van der Waals surface area (Å²) >= 11 is 1.42. The van der Waals surface area contributed by atoms with Crippen molar-refractivity contribution in [3.63, 3.8) is 0 Å². The maximum atomic E-state index is 12.2. The molecule has 1 aliphatic rings. The number of ether oxygens (including phenoxy) is 1. The predicted molar refractivity (Wildman–Crippen MR) is 70.3 cm³/mol. The molecular weight excluding hydrogens is 252 g/mol. The monoisotopic (exact) mass is 270 g/mol. The van der Waals surface area contributed by atoms with Crippen molar-refractivity contribution < 1.29 is 14.6 Å². The number of aliphatic hydroxyl groups is 1. The first-order valence-electron chi connectivity index (χ1n) is 5.99. The summed E-state index contributed by atoms with van der Waals surface area (Å²) in [6.07, 6.45) is 0. The smallest absolute Gasteiger partial charge is 0.264 e. The van der Waals surface area contributed by atoms with Gasteiger partial charge in [-0.25, -0.2) is 0 Å². The van der Waals surface area contributed by atoms with Crippen LogP contribution in [0.25, 0.3) is 0 Å². The summed E-state index contributed by atoms with van der Waals surface area (Å²) in [6.45, 7) is 3.96. The van der Waals surface area contributed by atoms with Crippen molar-refractivity contribution in [3.8, 4) is 5.75 Å². The molecule has 0 aromatic carbocycles. The molecule has 100 valence electrons. The van der Waals surface area contributed by atoms with Crippen LogP contribution in [0.2, 0.25) is 0 Å². The van der Waals surface area contributed by atoms with Crippen molar-refractivity contribution in [2.45, 2.75) is 0 Å². The molecule has 5 nitrogen and oxygen atoms in total. The van der Waals surface area contributed by atoms with Gasteiger partial charge in [0.25, 0.3) is 5.91 Å². The molecule has 1 N–H and O–H groups in total. The molecule has 0 bridgehead atoms. The van der Waals surface area contributed by atoms with Crippen molar-refractivity contribution in [1.82, 2.24) is 9.80 Å². The molecule has 0 spiro atoms. The standard InChI is InChI=1S/C12H18N2O3S/c1-17-10-8-11(18-9-10)12(16)14-4-2-13(3-5-14)6-7-15/h8-9,15H,2-7H2,1H3. The molecule has 1 aliphatic heterocycles. The molecule has 1 saturated heterocycles. The number of rotatable bonds is 4. The van der Waals surface area contributed by atoms with Gasteiger partial charge in [-0.2, -0.15) is 0 Å². The zero-order valence-electron chi connectivity index (χ0n) is 10.5. The van der Waals surface area contributed by atoms with Crippen LogP contribution in [0.4, 0.5) is 0 Å². The Kier molecular flexibility index (Phi) is 4.57. The van der Waals surface area contributed by atoms with Gasteiger partial charge < -0.3 is 14.7 Å². The molecule has 2 rings (SSSR count). The fraction of sp³-hybridized carbons (Fsp3) is 0.583. The summed E-state index contributed by atoms with van der Waals surface area (Å²) in [7, 11) is 1.60. The molecule has 1 amide bonds. The Morgan fingerprint density at radius 1 is 1.44 bits per heavy atom. The molecule has 1 aromatic rings. The van der Waals surface area contributed by atoms with E-state index in [1.165, 1.54) is 11.3 Å². The van der Waals surface area contributed by atoms with Crippen LogP contribution in [0, 0.1) is 0 Å². The highest BCUT2D eigenvalue weighted by atomic mass is 32.1. The highest BCUT2D eigenvalue weighted by Gasteiger charge is 2.22. The molecule has 0 saturated carbocycles. The van der Waals surface area contributed by atoms with Gasteiger partial charge in [-0.05, 0) is 0 Å². The minimum atomic E-state index is 0.0759. The molecule has 0 radical (unpaired) electrons. The van der Waals surface area contributed by atoms with Crippen LogP contribution in [0.5, 0.6) is 5.75 Å². The predicted octanol–water partition coefficient (Wildman–Crippen LogP) is 0.507. The van der Waals surface area contributed by atoms with E-state index in [0.29, 0.717) is 6.54 Å². The van der Waals surface area contributed by atoms with Crippen LogP contribution in [0.15, 0.2) is 11.4 Å². The minimum absolute atomic E-state index is 0.0759. The summed E-state index contributed by atoms with van der Waals surface area (Å²) < 4.78 is 5.09. The second-order valence-corrected chi connectivity index (χ2v) is 5.12. The third-order valence-corrected chi connectivity index (χ3v) is 3.99. The lowest BCUT2D eigenvalue weighted by Gasteiger charge is -2.34. The normalized spacial score (nSPS) is 16.9. The van der Waals surface area contributed by atoms with E-state index in [9.17, 15) is 4.79 Å². The number of nitrogens with zero attached hydrogens (tertiary/aromatic N) is 2. The average Bonchev–Trinajstić information content (AvgIpc) is 2.88. The maximum absolute atomic E-state index is 12.2. The van der Waals surface area contributed by atoms with E-state index in [-0.39, 0.29) is 12.5 Å². The van der Waals surface area contributed by atoms with Crippen LogP contribution >= 0.6 is 11.3 Å². The highest BCUT2D eigenvalue weighted by molar-refractivity contribution is 7.12. The lowest BCUT2D eigenvalue weighted by atomic mass is 10.3. The number of piperazine rings is 1. The topological polar surface area (TPSA) is 53.0 Å². The zero-order chi connectivity index (χ0) is 13.0. The van der Waals surface area contributed by atoms with Crippen LogP contribution in [0.3, 0.4) is 0 Å². The number of amides is 1. The third kappa shape index (κ3) is 3.01. The highest BCUT2D eigenvalue weighted by Crippen LogP contribution is 2.22. The van der Waals surface area contributed by atoms with Gasteiger partial charge in [0.15, 0.2) is 0 Å². The molecule has 6 heteroatoms. The number of β-amino-alcohol motifs (C(OH)–C–C–N with tert-alkyl or cyclic N) is 1. The fourth-order valence-electron chi connectivity index (χ4n) is 2.01. The van der Waals surface area contributed by atoms with E-state index < -0.39 is 0 Å². The molecule has 18 heavy (non-hydrogen) atoms. The summed E-state index contributed by atoms with van der Waals surface area (Å²) in [5.74, 6) is 0.814. The first kappa shape index (κ1) is 13.3. The van der Waals surface area contributed by atoms with E-state index in [2.05, 4.69) is 4.90 Å². The van der Waals surface area contributed by atoms with Crippen LogP contribution in [-0.2, 0) is 0 Å². The van der Waals surface area contributed by atoms with Gasteiger partial charge in [0.1, 0.15) is 5.75 Å². The number of thiophene rings is 1. The number of aliphatic hydroxyl groups excluding tert-OH is 1.